The molecule has 16 heavy (non-hydrogen) atoms. The van der Waals surface area contributed by atoms with E-state index < -0.39 is 0 Å². The first-order valence-electron chi connectivity index (χ1n) is 5.96. The molecule has 2 aliphatic rings. The zero-order chi connectivity index (χ0) is 11.4. The van der Waals surface area contributed by atoms with Crippen LogP contribution >= 0.6 is 31.9 Å². The zero-order valence-electron chi connectivity index (χ0n) is 9.42. The summed E-state index contributed by atoms with van der Waals surface area (Å²) >= 11 is 7.17. The maximum atomic E-state index is 5.98. The average Bonchev–Trinajstić information content (AvgIpc) is 2.83. The third kappa shape index (κ3) is 2.92. The van der Waals surface area contributed by atoms with E-state index in [-0.39, 0.29) is 5.41 Å². The number of hydrogen-bond donors (Lipinski definition) is 0. The monoisotopic (exact) mass is 348 g/mol. The fourth-order valence-corrected chi connectivity index (χ4v) is 3.98. The highest BCUT2D eigenvalue weighted by atomic mass is 79.9. The van der Waals surface area contributed by atoms with Crippen molar-refractivity contribution < 1.29 is 4.74 Å². The van der Waals surface area contributed by atoms with Crippen LogP contribution in [0.4, 0.5) is 0 Å². The molecule has 0 N–H and O–H groups in total. The summed E-state index contributed by atoms with van der Waals surface area (Å²) in [5.41, 5.74) is 0.239. The minimum atomic E-state index is 0.239. The van der Waals surface area contributed by atoms with Gasteiger partial charge in [-0.05, 0) is 44.3 Å². The Labute approximate surface area is 115 Å². The highest BCUT2D eigenvalue weighted by molar-refractivity contribution is 9.09. The quantitative estimate of drug-likeness (QED) is 0.676. The van der Waals surface area contributed by atoms with Crippen molar-refractivity contribution in [1.82, 2.24) is 0 Å². The molecule has 0 spiro atoms. The van der Waals surface area contributed by atoms with Gasteiger partial charge in [0, 0.05) is 16.1 Å². The molecule has 0 amide bonds. The van der Waals surface area contributed by atoms with Crippen LogP contribution in [0, 0.1) is 5.41 Å². The Bertz CT molecular complexity index is 286. The van der Waals surface area contributed by atoms with E-state index in [9.17, 15) is 0 Å². The summed E-state index contributed by atoms with van der Waals surface area (Å²) in [6.45, 7) is 0. The van der Waals surface area contributed by atoms with Gasteiger partial charge < -0.3 is 4.74 Å². The molecule has 0 atom stereocenters. The van der Waals surface area contributed by atoms with Gasteiger partial charge in [0.15, 0.2) is 0 Å². The van der Waals surface area contributed by atoms with Crippen LogP contribution in [-0.2, 0) is 4.74 Å². The van der Waals surface area contributed by atoms with E-state index in [1.165, 1.54) is 25.7 Å². The van der Waals surface area contributed by atoms with Crippen LogP contribution in [0.2, 0.25) is 0 Å². The minimum Gasteiger partial charge on any atom is -0.491 e. The fraction of sp³-hybridized carbons (Fsp3) is 0.692. The summed E-state index contributed by atoms with van der Waals surface area (Å²) in [5.74, 6) is 1.07. The second kappa shape index (κ2) is 5.72. The summed E-state index contributed by atoms with van der Waals surface area (Å²) in [5, 5.41) is 1.99. The van der Waals surface area contributed by atoms with Gasteiger partial charge in [0.1, 0.15) is 5.76 Å². The van der Waals surface area contributed by atoms with Gasteiger partial charge in [-0.3, -0.25) is 0 Å². The standard InChI is InChI=1S/C13H18Br2O/c14-9-13(10-15)7-5-12(6-8-13)16-11-3-1-2-4-11/h5-7,11H,1-4,8-10H2. The van der Waals surface area contributed by atoms with Gasteiger partial charge in [0.25, 0.3) is 0 Å². The van der Waals surface area contributed by atoms with Crippen molar-refractivity contribution in [3.8, 4) is 0 Å². The van der Waals surface area contributed by atoms with E-state index in [0.29, 0.717) is 6.10 Å². The molecule has 2 rings (SSSR count). The Morgan fingerprint density at radius 3 is 2.44 bits per heavy atom. The molecule has 1 nitrogen and oxygen atoms in total. The van der Waals surface area contributed by atoms with Crippen molar-refractivity contribution in [2.45, 2.75) is 38.2 Å². The molecular formula is C13H18Br2O. The third-order valence-corrected chi connectivity index (χ3v) is 5.68. The topological polar surface area (TPSA) is 9.23 Å². The van der Waals surface area contributed by atoms with Gasteiger partial charge in [-0.15, -0.1) is 0 Å². The molecule has 0 aromatic carbocycles. The largest absolute Gasteiger partial charge is 0.491 e. The summed E-state index contributed by atoms with van der Waals surface area (Å²) in [6.07, 6.45) is 13.3. The lowest BCUT2D eigenvalue weighted by Crippen LogP contribution is -2.23. The van der Waals surface area contributed by atoms with Crippen LogP contribution in [0.25, 0.3) is 0 Å². The number of rotatable bonds is 4. The van der Waals surface area contributed by atoms with E-state index >= 15 is 0 Å². The van der Waals surface area contributed by atoms with Crippen LogP contribution < -0.4 is 0 Å². The predicted molar refractivity (Wildman–Crippen MR) is 75.2 cm³/mol. The summed E-state index contributed by atoms with van der Waals surface area (Å²) in [4.78, 5) is 0. The molecular weight excluding hydrogens is 332 g/mol. The van der Waals surface area contributed by atoms with Crippen molar-refractivity contribution in [1.29, 1.82) is 0 Å². The van der Waals surface area contributed by atoms with Gasteiger partial charge in [0.2, 0.25) is 0 Å². The maximum absolute atomic E-state index is 5.98. The van der Waals surface area contributed by atoms with Crippen LogP contribution in [0.3, 0.4) is 0 Å². The van der Waals surface area contributed by atoms with Crippen LogP contribution in [0.5, 0.6) is 0 Å². The Balaban J connectivity index is 1.90. The van der Waals surface area contributed by atoms with Gasteiger partial charge in [-0.1, -0.05) is 37.9 Å². The van der Waals surface area contributed by atoms with E-state index in [4.69, 9.17) is 4.74 Å². The molecule has 1 saturated carbocycles. The van der Waals surface area contributed by atoms with Crippen molar-refractivity contribution >= 4 is 31.9 Å². The smallest absolute Gasteiger partial charge is 0.115 e. The lowest BCUT2D eigenvalue weighted by molar-refractivity contribution is 0.128. The first-order chi connectivity index (χ1) is 7.78. The third-order valence-electron chi connectivity index (χ3n) is 3.45. The fourth-order valence-electron chi connectivity index (χ4n) is 2.22. The van der Waals surface area contributed by atoms with Crippen LogP contribution in [-0.4, -0.2) is 16.8 Å². The molecule has 90 valence electrons. The number of alkyl halides is 2. The van der Waals surface area contributed by atoms with Gasteiger partial charge >= 0.3 is 0 Å². The Morgan fingerprint density at radius 1 is 1.25 bits per heavy atom. The van der Waals surface area contributed by atoms with Crippen LogP contribution in [0.1, 0.15) is 32.1 Å². The average molecular weight is 350 g/mol. The molecule has 0 saturated heterocycles. The Kier molecular flexibility index (Phi) is 4.54. The molecule has 1 fully saturated rings. The normalized spacial score (nSPS) is 24.5. The zero-order valence-corrected chi connectivity index (χ0v) is 12.6. The minimum absolute atomic E-state index is 0.239. The molecule has 0 aromatic heterocycles. The lowest BCUT2D eigenvalue weighted by Gasteiger charge is -2.28. The molecule has 0 heterocycles. The lowest BCUT2D eigenvalue weighted by atomic mass is 9.85. The molecule has 0 bridgehead atoms. The highest BCUT2D eigenvalue weighted by Gasteiger charge is 2.27. The summed E-state index contributed by atoms with van der Waals surface area (Å²) < 4.78 is 5.98. The molecule has 2 aliphatic carbocycles. The van der Waals surface area contributed by atoms with E-state index in [0.717, 1.165) is 22.8 Å². The SMILES string of the molecule is BrCC1(CBr)C=CC(OC2CCCC2)=CC1. The second-order valence-corrected chi connectivity index (χ2v) is 5.92. The summed E-state index contributed by atoms with van der Waals surface area (Å²) in [7, 11) is 0. The number of allylic oxidation sites excluding steroid dienone is 3. The molecule has 3 heteroatoms. The second-order valence-electron chi connectivity index (χ2n) is 4.80. The number of hydrogen-bond acceptors (Lipinski definition) is 1. The predicted octanol–water partition coefficient (Wildman–Crippen LogP) is 4.57. The van der Waals surface area contributed by atoms with E-state index in [1.807, 2.05) is 0 Å². The maximum Gasteiger partial charge on any atom is 0.115 e. The van der Waals surface area contributed by atoms with E-state index in [2.05, 4.69) is 50.1 Å². The van der Waals surface area contributed by atoms with Crippen molar-refractivity contribution in [2.75, 3.05) is 10.7 Å². The Hall–Kier alpha value is 0.240. The molecule has 0 aliphatic heterocycles. The first kappa shape index (κ1) is 12.7. The first-order valence-corrected chi connectivity index (χ1v) is 8.20. The van der Waals surface area contributed by atoms with Gasteiger partial charge in [0.05, 0.1) is 6.10 Å². The van der Waals surface area contributed by atoms with Crippen molar-refractivity contribution in [3.05, 3.63) is 24.0 Å². The van der Waals surface area contributed by atoms with Gasteiger partial charge in [-0.2, -0.15) is 0 Å². The Morgan fingerprint density at radius 2 is 1.94 bits per heavy atom. The van der Waals surface area contributed by atoms with Gasteiger partial charge in [-0.25, -0.2) is 0 Å². The van der Waals surface area contributed by atoms with Crippen molar-refractivity contribution in [2.24, 2.45) is 5.41 Å². The molecule has 0 unspecified atom stereocenters. The van der Waals surface area contributed by atoms with Crippen LogP contribution in [0.15, 0.2) is 24.0 Å². The molecule has 0 aromatic rings. The van der Waals surface area contributed by atoms with E-state index in [1.54, 1.807) is 0 Å². The summed E-state index contributed by atoms with van der Waals surface area (Å²) in [6, 6.07) is 0. The van der Waals surface area contributed by atoms with Crippen molar-refractivity contribution in [3.63, 3.8) is 0 Å². The highest BCUT2D eigenvalue weighted by Crippen LogP contribution is 2.35. The number of ether oxygens (including phenoxy) is 1. The number of halogens is 2. The molecule has 0 radical (unpaired) electrons.